The third-order valence-electron chi connectivity index (χ3n) is 4.77. The number of aliphatic imine (C=N–C) groups is 1. The van der Waals surface area contributed by atoms with Crippen molar-refractivity contribution in [1.29, 1.82) is 0 Å². The van der Waals surface area contributed by atoms with Crippen molar-refractivity contribution in [2.75, 3.05) is 37.6 Å². The maximum atomic E-state index is 6.51. The SMILES string of the molecule is CCC1CN=C(c2cnc(N3CCN(C(C)(C)C)CC3)c(Cl)c2)O1. The molecule has 6 heteroatoms. The largest absolute Gasteiger partial charge is 0.472 e. The molecule has 1 aromatic rings. The lowest BCUT2D eigenvalue weighted by Crippen LogP contribution is -2.53. The molecular weight excluding hydrogens is 324 g/mol. The van der Waals surface area contributed by atoms with Crippen LogP contribution < -0.4 is 4.90 Å². The Morgan fingerprint density at radius 1 is 1.25 bits per heavy atom. The Balaban J connectivity index is 1.68. The van der Waals surface area contributed by atoms with Gasteiger partial charge in [0.05, 0.1) is 17.1 Å². The van der Waals surface area contributed by atoms with Crippen molar-refractivity contribution in [2.24, 2.45) is 4.99 Å². The molecule has 2 aliphatic heterocycles. The van der Waals surface area contributed by atoms with Crippen LogP contribution in [0.3, 0.4) is 0 Å². The first-order valence-electron chi connectivity index (χ1n) is 8.75. The zero-order valence-corrected chi connectivity index (χ0v) is 15.8. The highest BCUT2D eigenvalue weighted by atomic mass is 35.5. The van der Waals surface area contributed by atoms with E-state index in [0.717, 1.165) is 50.5 Å². The highest BCUT2D eigenvalue weighted by molar-refractivity contribution is 6.33. The number of hydrogen-bond donors (Lipinski definition) is 0. The molecule has 0 N–H and O–H groups in total. The lowest BCUT2D eigenvalue weighted by atomic mass is 10.0. The van der Waals surface area contributed by atoms with E-state index in [9.17, 15) is 0 Å². The highest BCUT2D eigenvalue weighted by Gasteiger charge is 2.27. The van der Waals surface area contributed by atoms with Gasteiger partial charge in [0.1, 0.15) is 11.9 Å². The maximum absolute atomic E-state index is 6.51. The number of ether oxygens (including phenoxy) is 1. The summed E-state index contributed by atoms with van der Waals surface area (Å²) < 4.78 is 5.82. The van der Waals surface area contributed by atoms with Gasteiger partial charge in [0.2, 0.25) is 5.90 Å². The summed E-state index contributed by atoms with van der Waals surface area (Å²) >= 11 is 6.51. The summed E-state index contributed by atoms with van der Waals surface area (Å²) in [4.78, 5) is 13.8. The molecule has 2 aliphatic rings. The minimum atomic E-state index is 0.184. The normalized spacial score (nSPS) is 22.5. The van der Waals surface area contributed by atoms with E-state index in [-0.39, 0.29) is 11.6 Å². The average molecular weight is 351 g/mol. The molecule has 0 saturated carbocycles. The number of aromatic nitrogens is 1. The summed E-state index contributed by atoms with van der Waals surface area (Å²) in [6.45, 7) is 13.5. The lowest BCUT2D eigenvalue weighted by molar-refractivity contribution is 0.128. The fourth-order valence-corrected chi connectivity index (χ4v) is 3.44. The molecule has 0 spiro atoms. The second-order valence-electron chi connectivity index (χ2n) is 7.47. The molecule has 132 valence electrons. The monoisotopic (exact) mass is 350 g/mol. The molecule has 0 aromatic carbocycles. The molecule has 1 unspecified atom stereocenters. The van der Waals surface area contributed by atoms with Crippen molar-refractivity contribution in [3.05, 3.63) is 22.8 Å². The van der Waals surface area contributed by atoms with Crippen LogP contribution in [0.2, 0.25) is 5.02 Å². The Morgan fingerprint density at radius 3 is 2.50 bits per heavy atom. The Hall–Kier alpha value is -1.33. The molecule has 0 radical (unpaired) electrons. The average Bonchev–Trinajstić information content (AvgIpc) is 3.03. The van der Waals surface area contributed by atoms with E-state index in [2.05, 4.69) is 47.5 Å². The van der Waals surface area contributed by atoms with Gasteiger partial charge in [-0.1, -0.05) is 18.5 Å². The fourth-order valence-electron chi connectivity index (χ4n) is 3.16. The van der Waals surface area contributed by atoms with Gasteiger partial charge in [-0.15, -0.1) is 0 Å². The van der Waals surface area contributed by atoms with Gasteiger partial charge in [-0.2, -0.15) is 0 Å². The topological polar surface area (TPSA) is 41.0 Å². The standard InChI is InChI=1S/C18H27ClN4O/c1-5-14-12-21-17(24-14)13-10-15(19)16(20-11-13)22-6-8-23(9-7-22)18(2,3)4/h10-11,14H,5-9,12H2,1-4H3. The summed E-state index contributed by atoms with van der Waals surface area (Å²) in [5.74, 6) is 1.53. The maximum Gasteiger partial charge on any atom is 0.218 e. The molecule has 0 bridgehead atoms. The van der Waals surface area contributed by atoms with Crippen molar-refractivity contribution < 1.29 is 4.74 Å². The Bertz CT molecular complexity index is 618. The van der Waals surface area contributed by atoms with Gasteiger partial charge >= 0.3 is 0 Å². The van der Waals surface area contributed by atoms with Crippen LogP contribution in [-0.4, -0.2) is 60.1 Å². The van der Waals surface area contributed by atoms with Crippen LogP contribution in [0, 0.1) is 0 Å². The second kappa shape index (κ2) is 6.89. The van der Waals surface area contributed by atoms with Gasteiger partial charge in [-0.05, 0) is 33.3 Å². The first-order valence-corrected chi connectivity index (χ1v) is 9.13. The summed E-state index contributed by atoms with van der Waals surface area (Å²) in [6.07, 6.45) is 2.97. The van der Waals surface area contributed by atoms with Gasteiger partial charge in [-0.25, -0.2) is 9.98 Å². The van der Waals surface area contributed by atoms with E-state index in [1.165, 1.54) is 0 Å². The van der Waals surface area contributed by atoms with E-state index < -0.39 is 0 Å². The van der Waals surface area contributed by atoms with Crippen LogP contribution in [0.15, 0.2) is 17.3 Å². The fraction of sp³-hybridized carbons (Fsp3) is 0.667. The van der Waals surface area contributed by atoms with E-state index >= 15 is 0 Å². The molecule has 1 fully saturated rings. The van der Waals surface area contributed by atoms with Gasteiger partial charge < -0.3 is 9.64 Å². The van der Waals surface area contributed by atoms with E-state index in [4.69, 9.17) is 16.3 Å². The Labute approximate surface area is 149 Å². The second-order valence-corrected chi connectivity index (χ2v) is 7.88. The lowest BCUT2D eigenvalue weighted by Gasteiger charge is -2.42. The minimum Gasteiger partial charge on any atom is -0.472 e. The number of halogens is 1. The molecule has 0 aliphatic carbocycles. The van der Waals surface area contributed by atoms with Crippen LogP contribution in [0.4, 0.5) is 5.82 Å². The Kier molecular flexibility index (Phi) is 5.02. The number of pyridine rings is 1. The van der Waals surface area contributed by atoms with Crippen LogP contribution in [0.5, 0.6) is 0 Å². The molecule has 1 atom stereocenters. The van der Waals surface area contributed by atoms with Gasteiger partial charge in [-0.3, -0.25) is 4.90 Å². The van der Waals surface area contributed by atoms with Gasteiger partial charge in [0.25, 0.3) is 0 Å². The number of rotatable bonds is 3. The quantitative estimate of drug-likeness (QED) is 0.839. The van der Waals surface area contributed by atoms with Crippen LogP contribution in [0.1, 0.15) is 39.7 Å². The van der Waals surface area contributed by atoms with Gasteiger partial charge in [0, 0.05) is 37.9 Å². The van der Waals surface area contributed by atoms with Crippen molar-refractivity contribution >= 4 is 23.3 Å². The van der Waals surface area contributed by atoms with Crippen molar-refractivity contribution in [1.82, 2.24) is 9.88 Å². The van der Waals surface area contributed by atoms with Crippen molar-refractivity contribution in [3.8, 4) is 0 Å². The molecule has 0 amide bonds. The molecular formula is C18H27ClN4O. The number of piperazine rings is 1. The van der Waals surface area contributed by atoms with Crippen LogP contribution in [0.25, 0.3) is 0 Å². The van der Waals surface area contributed by atoms with E-state index in [1.54, 1.807) is 0 Å². The van der Waals surface area contributed by atoms with Crippen molar-refractivity contribution in [2.45, 2.75) is 45.8 Å². The molecule has 3 rings (SSSR count). The number of nitrogens with zero attached hydrogens (tertiary/aromatic N) is 4. The molecule has 5 nitrogen and oxygen atoms in total. The van der Waals surface area contributed by atoms with E-state index in [0.29, 0.717) is 10.9 Å². The van der Waals surface area contributed by atoms with E-state index in [1.807, 2.05) is 12.3 Å². The smallest absolute Gasteiger partial charge is 0.218 e. The predicted octanol–water partition coefficient (Wildman–Crippen LogP) is 3.21. The first kappa shape index (κ1) is 17.5. The highest BCUT2D eigenvalue weighted by Crippen LogP contribution is 2.27. The third-order valence-corrected chi connectivity index (χ3v) is 5.05. The van der Waals surface area contributed by atoms with Crippen LogP contribution >= 0.6 is 11.6 Å². The minimum absolute atomic E-state index is 0.184. The summed E-state index contributed by atoms with van der Waals surface area (Å²) in [5.41, 5.74) is 1.08. The molecule has 1 aromatic heterocycles. The van der Waals surface area contributed by atoms with Crippen molar-refractivity contribution in [3.63, 3.8) is 0 Å². The van der Waals surface area contributed by atoms with Gasteiger partial charge in [0.15, 0.2) is 0 Å². The zero-order valence-electron chi connectivity index (χ0n) is 15.0. The summed E-state index contributed by atoms with van der Waals surface area (Å²) in [6, 6.07) is 1.93. The number of hydrogen-bond acceptors (Lipinski definition) is 5. The Morgan fingerprint density at radius 2 is 1.96 bits per heavy atom. The number of anilines is 1. The zero-order chi connectivity index (χ0) is 17.3. The first-order chi connectivity index (χ1) is 11.4. The summed E-state index contributed by atoms with van der Waals surface area (Å²) in [5, 5.41) is 0.669. The predicted molar refractivity (Wildman–Crippen MR) is 99.4 cm³/mol. The molecule has 1 saturated heterocycles. The summed E-state index contributed by atoms with van der Waals surface area (Å²) in [7, 11) is 0. The van der Waals surface area contributed by atoms with Crippen LogP contribution in [-0.2, 0) is 4.74 Å². The molecule has 24 heavy (non-hydrogen) atoms. The third kappa shape index (κ3) is 3.67. The molecule has 3 heterocycles.